The summed E-state index contributed by atoms with van der Waals surface area (Å²) in [6.45, 7) is 0. The van der Waals surface area contributed by atoms with Crippen LogP contribution in [0.25, 0.3) is 10.9 Å². The summed E-state index contributed by atoms with van der Waals surface area (Å²) in [4.78, 5) is 12.5. The van der Waals surface area contributed by atoms with Crippen molar-refractivity contribution in [3.8, 4) is 0 Å². The van der Waals surface area contributed by atoms with Crippen molar-refractivity contribution in [3.05, 3.63) is 71.2 Å². The predicted molar refractivity (Wildman–Crippen MR) is 115 cm³/mol. The number of benzene rings is 2. The van der Waals surface area contributed by atoms with Gasteiger partial charge in [0.15, 0.2) is 0 Å². The van der Waals surface area contributed by atoms with E-state index in [4.69, 9.17) is 0 Å². The zero-order valence-electron chi connectivity index (χ0n) is 17.6. The Morgan fingerprint density at radius 2 is 1.72 bits per heavy atom. The van der Waals surface area contributed by atoms with Crippen molar-refractivity contribution < 1.29 is 18.0 Å². The average Bonchev–Trinajstić information content (AvgIpc) is 3.52. The Kier molecular flexibility index (Phi) is 5.35. The Labute approximate surface area is 184 Å². The molecule has 0 bridgehead atoms. The normalized spacial score (nSPS) is 22.0. The molecule has 5 rings (SSSR count). The number of nitrogens with zero attached hydrogens (tertiary/aromatic N) is 2. The number of carbonyl (C=O) groups excluding carboxylic acids is 1. The maximum absolute atomic E-state index is 14.0. The maximum Gasteiger partial charge on any atom is 0.254 e. The lowest BCUT2D eigenvalue weighted by molar-refractivity contribution is 0.0917. The molecule has 2 aromatic carbocycles. The minimum atomic E-state index is -0.839. The standard InChI is InChI=1S/C25H24F3N3O/c26-17-6-8-23-20(11-17)21(14-29-31-23)16-3-1-15(2-4-16)13-25(9-10-25)30-24(32)19-7-5-18(27)12-22(19)28/h5-8,11-12,14-16H,1-4,9-10,13H2,(H,30,32)/t15-,16+. The number of aromatic nitrogens is 2. The SMILES string of the molecule is O=C(NC1(C[C@H]2CC[C@@H](c3cnnc4ccc(F)cc43)CC2)CC1)c1ccc(F)cc1F. The van der Waals surface area contributed by atoms with Gasteiger partial charge in [0.2, 0.25) is 0 Å². The van der Waals surface area contributed by atoms with Crippen molar-refractivity contribution in [1.29, 1.82) is 0 Å². The van der Waals surface area contributed by atoms with E-state index in [-0.39, 0.29) is 16.9 Å². The second-order valence-corrected chi connectivity index (χ2v) is 9.24. The Morgan fingerprint density at radius 3 is 2.44 bits per heavy atom. The summed E-state index contributed by atoms with van der Waals surface area (Å²) in [6, 6.07) is 7.63. The van der Waals surface area contributed by atoms with Gasteiger partial charge in [0.05, 0.1) is 17.3 Å². The second-order valence-electron chi connectivity index (χ2n) is 9.24. The van der Waals surface area contributed by atoms with Gasteiger partial charge < -0.3 is 5.32 Å². The fourth-order valence-electron chi connectivity index (χ4n) is 5.12. The maximum atomic E-state index is 14.0. The van der Waals surface area contributed by atoms with E-state index in [2.05, 4.69) is 15.5 Å². The first-order valence-corrected chi connectivity index (χ1v) is 11.1. The molecule has 1 amide bonds. The number of hydrogen-bond donors (Lipinski definition) is 1. The van der Waals surface area contributed by atoms with Crippen LogP contribution in [0.2, 0.25) is 0 Å². The van der Waals surface area contributed by atoms with Crippen LogP contribution in [0.5, 0.6) is 0 Å². The Hall–Kier alpha value is -2.96. The Balaban J connectivity index is 1.22. The lowest BCUT2D eigenvalue weighted by atomic mass is 9.76. The fraction of sp³-hybridized carbons (Fsp3) is 0.400. The first kappa shape index (κ1) is 20.9. The number of hydrogen-bond acceptors (Lipinski definition) is 3. The van der Waals surface area contributed by atoms with E-state index < -0.39 is 17.5 Å². The van der Waals surface area contributed by atoms with Gasteiger partial charge in [0.25, 0.3) is 5.91 Å². The van der Waals surface area contributed by atoms with E-state index in [1.54, 1.807) is 12.3 Å². The molecule has 0 unspecified atom stereocenters. The van der Waals surface area contributed by atoms with E-state index in [0.29, 0.717) is 17.4 Å². The summed E-state index contributed by atoms with van der Waals surface area (Å²) in [5.41, 5.74) is 1.35. The third-order valence-electron chi connectivity index (χ3n) is 7.01. The number of halogens is 3. The first-order valence-electron chi connectivity index (χ1n) is 11.1. The van der Waals surface area contributed by atoms with Crippen LogP contribution < -0.4 is 5.32 Å². The molecule has 1 heterocycles. The number of carbonyl (C=O) groups is 1. The Morgan fingerprint density at radius 1 is 1.00 bits per heavy atom. The molecule has 2 fully saturated rings. The van der Waals surface area contributed by atoms with Crippen LogP contribution in [0.3, 0.4) is 0 Å². The van der Waals surface area contributed by atoms with Crippen molar-refractivity contribution in [3.63, 3.8) is 0 Å². The molecule has 2 aliphatic rings. The summed E-state index contributed by atoms with van der Waals surface area (Å²) in [5.74, 6) is -1.52. The third-order valence-corrected chi connectivity index (χ3v) is 7.01. The van der Waals surface area contributed by atoms with Gasteiger partial charge in [-0.15, -0.1) is 0 Å². The number of amides is 1. The number of rotatable bonds is 5. The molecule has 2 saturated carbocycles. The molecule has 0 saturated heterocycles. The van der Waals surface area contributed by atoms with Gasteiger partial charge >= 0.3 is 0 Å². The first-order chi connectivity index (χ1) is 15.4. The van der Waals surface area contributed by atoms with E-state index in [9.17, 15) is 18.0 Å². The molecule has 0 aliphatic heterocycles. The highest BCUT2D eigenvalue weighted by molar-refractivity contribution is 5.95. The van der Waals surface area contributed by atoms with Gasteiger partial charge in [-0.05, 0) is 92.7 Å². The molecule has 1 aromatic heterocycles. The van der Waals surface area contributed by atoms with Gasteiger partial charge in [-0.25, -0.2) is 13.2 Å². The highest BCUT2D eigenvalue weighted by Crippen LogP contribution is 2.47. The van der Waals surface area contributed by atoms with E-state index in [1.807, 2.05) is 0 Å². The van der Waals surface area contributed by atoms with E-state index in [0.717, 1.165) is 68.0 Å². The van der Waals surface area contributed by atoms with Crippen LogP contribution in [0.1, 0.15) is 66.8 Å². The quantitative estimate of drug-likeness (QED) is 0.557. The van der Waals surface area contributed by atoms with E-state index >= 15 is 0 Å². The van der Waals surface area contributed by atoms with Crippen molar-refractivity contribution >= 4 is 16.8 Å². The number of nitrogens with one attached hydrogen (secondary N) is 1. The molecule has 3 aromatic rings. The minimum Gasteiger partial charge on any atom is -0.347 e. The summed E-state index contributed by atoms with van der Waals surface area (Å²) >= 11 is 0. The smallest absolute Gasteiger partial charge is 0.254 e. The Bertz CT molecular complexity index is 1170. The van der Waals surface area contributed by atoms with Crippen LogP contribution in [-0.2, 0) is 0 Å². The third kappa shape index (κ3) is 4.20. The van der Waals surface area contributed by atoms with Crippen LogP contribution in [0, 0.1) is 23.4 Å². The molecule has 0 atom stereocenters. The van der Waals surface area contributed by atoms with Crippen molar-refractivity contribution in [1.82, 2.24) is 15.5 Å². The fourth-order valence-corrected chi connectivity index (χ4v) is 5.12. The molecule has 32 heavy (non-hydrogen) atoms. The largest absolute Gasteiger partial charge is 0.347 e. The van der Waals surface area contributed by atoms with Gasteiger partial charge in [0.1, 0.15) is 17.5 Å². The van der Waals surface area contributed by atoms with Gasteiger partial charge in [-0.3, -0.25) is 4.79 Å². The van der Waals surface area contributed by atoms with Crippen LogP contribution >= 0.6 is 0 Å². The van der Waals surface area contributed by atoms with Gasteiger partial charge in [-0.2, -0.15) is 10.2 Å². The lowest BCUT2D eigenvalue weighted by Gasteiger charge is -2.32. The van der Waals surface area contributed by atoms with Gasteiger partial charge in [-0.1, -0.05) is 0 Å². The summed E-state index contributed by atoms with van der Waals surface area (Å²) < 4.78 is 40.9. The summed E-state index contributed by atoms with van der Waals surface area (Å²) in [6.07, 6.45) is 8.32. The molecular weight excluding hydrogens is 415 g/mol. The highest BCUT2D eigenvalue weighted by Gasteiger charge is 2.46. The zero-order chi connectivity index (χ0) is 22.3. The molecule has 1 N–H and O–H groups in total. The topological polar surface area (TPSA) is 54.9 Å². The van der Waals surface area contributed by atoms with Crippen LogP contribution in [0.4, 0.5) is 13.2 Å². The van der Waals surface area contributed by atoms with Crippen LogP contribution in [0.15, 0.2) is 42.6 Å². The molecular formula is C25H24F3N3O. The highest BCUT2D eigenvalue weighted by atomic mass is 19.1. The second kappa shape index (κ2) is 8.19. The molecule has 0 radical (unpaired) electrons. The monoisotopic (exact) mass is 439 g/mol. The van der Waals surface area contributed by atoms with Gasteiger partial charge in [0, 0.05) is 17.0 Å². The molecule has 166 valence electrons. The predicted octanol–water partition coefficient (Wildman–Crippen LogP) is 5.67. The zero-order valence-corrected chi connectivity index (χ0v) is 17.6. The molecule has 4 nitrogen and oxygen atoms in total. The summed E-state index contributed by atoms with van der Waals surface area (Å²) in [7, 11) is 0. The van der Waals surface area contributed by atoms with Crippen molar-refractivity contribution in [2.24, 2.45) is 5.92 Å². The summed E-state index contributed by atoms with van der Waals surface area (Å²) in [5, 5.41) is 12.0. The minimum absolute atomic E-state index is 0.120. The van der Waals surface area contributed by atoms with Crippen molar-refractivity contribution in [2.45, 2.75) is 56.4 Å². The average molecular weight is 439 g/mol. The van der Waals surface area contributed by atoms with Crippen LogP contribution in [-0.4, -0.2) is 21.6 Å². The molecule has 2 aliphatic carbocycles. The number of fused-ring (bicyclic) bond motifs is 1. The molecule has 7 heteroatoms. The lowest BCUT2D eigenvalue weighted by Crippen LogP contribution is -2.39. The van der Waals surface area contributed by atoms with E-state index in [1.165, 1.54) is 18.2 Å². The molecule has 0 spiro atoms. The van der Waals surface area contributed by atoms with Crippen molar-refractivity contribution in [2.75, 3.05) is 0 Å².